The maximum Gasteiger partial charge on any atom is 0.240 e. The molecular weight excluding hydrogens is 260 g/mol. The maximum absolute atomic E-state index is 12.3. The molecule has 19 heavy (non-hydrogen) atoms. The first-order chi connectivity index (χ1) is 8.94. The van der Waals surface area contributed by atoms with Gasteiger partial charge in [0.2, 0.25) is 10.0 Å². The Hall–Kier alpha value is -1.07. The average Bonchev–Trinajstić information content (AvgIpc) is 2.70. The van der Waals surface area contributed by atoms with E-state index in [1.54, 1.807) is 18.2 Å². The van der Waals surface area contributed by atoms with E-state index in [1.165, 1.54) is 6.07 Å². The number of nitrogen functional groups attached to an aromatic ring is 1. The molecule has 106 valence electrons. The lowest BCUT2D eigenvalue weighted by molar-refractivity contribution is 0.368. The van der Waals surface area contributed by atoms with E-state index in [4.69, 9.17) is 5.73 Å². The van der Waals surface area contributed by atoms with Crippen molar-refractivity contribution < 1.29 is 8.42 Å². The molecule has 0 aliphatic heterocycles. The molecule has 3 unspecified atom stereocenters. The van der Waals surface area contributed by atoms with E-state index in [0.717, 1.165) is 19.3 Å². The van der Waals surface area contributed by atoms with Crippen LogP contribution in [0.25, 0.3) is 0 Å². The van der Waals surface area contributed by atoms with Gasteiger partial charge < -0.3 is 5.73 Å². The molecule has 0 spiro atoms. The van der Waals surface area contributed by atoms with Crippen molar-refractivity contribution in [2.24, 2.45) is 11.8 Å². The van der Waals surface area contributed by atoms with E-state index < -0.39 is 10.0 Å². The van der Waals surface area contributed by atoms with E-state index in [9.17, 15) is 8.42 Å². The summed E-state index contributed by atoms with van der Waals surface area (Å²) in [5.74, 6) is 1.01. The summed E-state index contributed by atoms with van der Waals surface area (Å²) in [7, 11) is -3.46. The van der Waals surface area contributed by atoms with E-state index in [0.29, 0.717) is 17.5 Å². The number of hydrogen-bond acceptors (Lipinski definition) is 3. The summed E-state index contributed by atoms with van der Waals surface area (Å²) in [5, 5.41) is 0. The van der Waals surface area contributed by atoms with Gasteiger partial charge in [0, 0.05) is 11.7 Å². The van der Waals surface area contributed by atoms with Crippen LogP contribution in [-0.4, -0.2) is 14.5 Å². The van der Waals surface area contributed by atoms with Crippen molar-refractivity contribution in [2.75, 3.05) is 5.73 Å². The van der Waals surface area contributed by atoms with Crippen molar-refractivity contribution in [3.05, 3.63) is 24.3 Å². The lowest BCUT2D eigenvalue weighted by Crippen LogP contribution is -2.37. The van der Waals surface area contributed by atoms with Crippen molar-refractivity contribution in [2.45, 2.75) is 44.0 Å². The SMILES string of the molecule is CCC1CCC(NS(=O)(=O)c2cccc(N)c2)C1C. The van der Waals surface area contributed by atoms with E-state index in [2.05, 4.69) is 18.6 Å². The molecule has 3 atom stereocenters. The van der Waals surface area contributed by atoms with Crippen LogP contribution in [0, 0.1) is 11.8 Å². The van der Waals surface area contributed by atoms with Crippen molar-refractivity contribution in [3.8, 4) is 0 Å². The predicted octanol–water partition coefficient (Wildman–Crippen LogP) is 2.37. The molecule has 3 N–H and O–H groups in total. The highest BCUT2D eigenvalue weighted by molar-refractivity contribution is 7.89. The molecule has 0 heterocycles. The van der Waals surface area contributed by atoms with Gasteiger partial charge >= 0.3 is 0 Å². The molecule has 1 aliphatic rings. The number of nitrogens with one attached hydrogen (secondary N) is 1. The van der Waals surface area contributed by atoms with Gasteiger partial charge in [-0.1, -0.05) is 26.3 Å². The minimum atomic E-state index is -3.46. The fourth-order valence-electron chi connectivity index (χ4n) is 2.94. The number of hydrogen-bond donors (Lipinski definition) is 2. The van der Waals surface area contributed by atoms with Gasteiger partial charge in [0.1, 0.15) is 0 Å². The molecule has 4 nitrogen and oxygen atoms in total. The van der Waals surface area contributed by atoms with Crippen LogP contribution in [0.2, 0.25) is 0 Å². The molecule has 1 aromatic rings. The third-order valence-electron chi connectivity index (χ3n) is 4.23. The molecule has 1 saturated carbocycles. The smallest absolute Gasteiger partial charge is 0.240 e. The minimum absolute atomic E-state index is 0.0383. The topological polar surface area (TPSA) is 72.2 Å². The normalized spacial score (nSPS) is 27.6. The van der Waals surface area contributed by atoms with E-state index in [-0.39, 0.29) is 10.9 Å². The second kappa shape index (κ2) is 5.51. The maximum atomic E-state index is 12.3. The van der Waals surface area contributed by atoms with Gasteiger partial charge in [-0.25, -0.2) is 13.1 Å². The van der Waals surface area contributed by atoms with E-state index in [1.807, 2.05) is 0 Å². The summed E-state index contributed by atoms with van der Waals surface area (Å²) >= 11 is 0. The highest BCUT2D eigenvalue weighted by Crippen LogP contribution is 2.34. The van der Waals surface area contributed by atoms with E-state index >= 15 is 0 Å². The predicted molar refractivity (Wildman–Crippen MR) is 77.1 cm³/mol. The Morgan fingerprint density at radius 3 is 2.68 bits per heavy atom. The van der Waals surface area contributed by atoms with Gasteiger partial charge in [0.15, 0.2) is 0 Å². The molecule has 0 radical (unpaired) electrons. The number of rotatable bonds is 4. The lowest BCUT2D eigenvalue weighted by atomic mass is 9.94. The average molecular weight is 282 g/mol. The van der Waals surface area contributed by atoms with Crippen LogP contribution in [0.4, 0.5) is 5.69 Å². The van der Waals surface area contributed by atoms with Crippen LogP contribution in [0.15, 0.2) is 29.2 Å². The Bertz CT molecular complexity index is 542. The van der Waals surface area contributed by atoms with Crippen LogP contribution < -0.4 is 10.5 Å². The first kappa shape index (κ1) is 14.3. The first-order valence-corrected chi connectivity index (χ1v) is 8.30. The second-order valence-electron chi connectivity index (χ2n) is 5.41. The Kier molecular flexibility index (Phi) is 4.16. The van der Waals surface area contributed by atoms with Crippen LogP contribution in [0.5, 0.6) is 0 Å². The van der Waals surface area contributed by atoms with Gasteiger partial charge in [-0.15, -0.1) is 0 Å². The summed E-state index contributed by atoms with van der Waals surface area (Å²) in [5.41, 5.74) is 6.11. The van der Waals surface area contributed by atoms with Gasteiger partial charge in [-0.3, -0.25) is 0 Å². The summed E-state index contributed by atoms with van der Waals surface area (Å²) < 4.78 is 27.5. The van der Waals surface area contributed by atoms with Crippen LogP contribution in [0.1, 0.15) is 33.1 Å². The number of sulfonamides is 1. The monoisotopic (exact) mass is 282 g/mol. The number of anilines is 1. The first-order valence-electron chi connectivity index (χ1n) is 6.82. The number of benzene rings is 1. The van der Waals surface area contributed by atoms with Gasteiger partial charge in [0.25, 0.3) is 0 Å². The Morgan fingerprint density at radius 1 is 1.37 bits per heavy atom. The molecule has 0 saturated heterocycles. The van der Waals surface area contributed by atoms with Crippen LogP contribution in [-0.2, 0) is 10.0 Å². The van der Waals surface area contributed by atoms with Gasteiger partial charge in [0.05, 0.1) is 4.90 Å². The molecule has 0 aromatic heterocycles. The minimum Gasteiger partial charge on any atom is -0.399 e. The zero-order valence-electron chi connectivity index (χ0n) is 11.5. The lowest BCUT2D eigenvalue weighted by Gasteiger charge is -2.21. The molecule has 5 heteroatoms. The quantitative estimate of drug-likeness (QED) is 0.833. The Morgan fingerprint density at radius 2 is 2.11 bits per heavy atom. The molecule has 2 rings (SSSR count). The molecule has 1 fully saturated rings. The van der Waals surface area contributed by atoms with Crippen LogP contribution in [0.3, 0.4) is 0 Å². The largest absolute Gasteiger partial charge is 0.399 e. The summed E-state index contributed by atoms with van der Waals surface area (Å²) in [6.45, 7) is 4.30. The highest BCUT2D eigenvalue weighted by Gasteiger charge is 2.34. The Labute approximate surface area is 115 Å². The van der Waals surface area contributed by atoms with Crippen LogP contribution >= 0.6 is 0 Å². The Balaban J connectivity index is 2.14. The summed E-state index contributed by atoms with van der Waals surface area (Å²) in [6, 6.07) is 6.46. The molecular formula is C14H22N2O2S. The standard InChI is InChI=1S/C14H22N2O2S/c1-3-11-7-8-14(10(11)2)16-19(17,18)13-6-4-5-12(15)9-13/h4-6,9-11,14,16H,3,7-8,15H2,1-2H3. The summed E-state index contributed by atoms with van der Waals surface area (Å²) in [4.78, 5) is 0.250. The highest BCUT2D eigenvalue weighted by atomic mass is 32.2. The van der Waals surface area contributed by atoms with Crippen molar-refractivity contribution >= 4 is 15.7 Å². The third kappa shape index (κ3) is 3.09. The zero-order chi connectivity index (χ0) is 14.0. The zero-order valence-corrected chi connectivity index (χ0v) is 12.3. The molecule has 1 aromatic carbocycles. The molecule has 0 amide bonds. The van der Waals surface area contributed by atoms with Crippen molar-refractivity contribution in [1.82, 2.24) is 4.72 Å². The van der Waals surface area contributed by atoms with Crippen molar-refractivity contribution in [1.29, 1.82) is 0 Å². The van der Waals surface area contributed by atoms with Crippen molar-refractivity contribution in [3.63, 3.8) is 0 Å². The third-order valence-corrected chi connectivity index (χ3v) is 5.71. The second-order valence-corrected chi connectivity index (χ2v) is 7.12. The molecule has 1 aliphatic carbocycles. The van der Waals surface area contributed by atoms with Gasteiger partial charge in [-0.05, 0) is 42.9 Å². The molecule has 0 bridgehead atoms. The van der Waals surface area contributed by atoms with Gasteiger partial charge in [-0.2, -0.15) is 0 Å². The fraction of sp³-hybridized carbons (Fsp3) is 0.571. The summed E-state index contributed by atoms with van der Waals surface area (Å²) in [6.07, 6.45) is 3.13. The number of nitrogens with two attached hydrogens (primary N) is 1. The fourth-order valence-corrected chi connectivity index (χ4v) is 4.36.